The highest BCUT2D eigenvalue weighted by atomic mass is 16.5. The quantitative estimate of drug-likeness (QED) is 0.153. The number of ether oxygens (including phenoxy) is 1. The second kappa shape index (κ2) is 16.4. The average molecular weight is 823 g/mol. The zero-order valence-electron chi connectivity index (χ0n) is 38.5. The average Bonchev–Trinajstić information content (AvgIpc) is 3.74. The van der Waals surface area contributed by atoms with Gasteiger partial charge in [0.1, 0.15) is 6.10 Å². The molecule has 336 valence electrons. The van der Waals surface area contributed by atoms with Crippen molar-refractivity contribution in [1.82, 2.24) is 0 Å². The Labute approximate surface area is 358 Å². The molecule has 8 saturated carbocycles. The first-order valence-corrected chi connectivity index (χ1v) is 25.4. The van der Waals surface area contributed by atoms with E-state index in [4.69, 9.17) is 4.74 Å². The highest BCUT2D eigenvalue weighted by molar-refractivity contribution is 5.69. The fourth-order valence-corrected chi connectivity index (χ4v) is 19.3. The van der Waals surface area contributed by atoms with Gasteiger partial charge in [0.2, 0.25) is 0 Å². The number of aliphatic carboxylic acids is 1. The van der Waals surface area contributed by atoms with Crippen LogP contribution in [0.15, 0.2) is 0 Å². The third kappa shape index (κ3) is 7.12. The Morgan fingerprint density at radius 2 is 1.02 bits per heavy atom. The van der Waals surface area contributed by atoms with Gasteiger partial charge in [-0.25, -0.2) is 0 Å². The molecule has 8 aliphatic rings. The molecule has 22 atom stereocenters. The SMILES string of the molecule is CC[C@H]1[C@@H](O)[C@@H]2[C@H](CC[C@]3(C)[C@@H]([C@H](C)CCC(=O)O)CC[C@@H]23)[C@@]2(C)CC[C@@H](OC(=O)CC[C@@H](C)[C@H]3CCC4C5C(CC[C@@]43C)[C@@]3(C)CC[C@H](O)CC3[C@H](CC)[C@@H]5O)C[C@@H]12. The summed E-state index contributed by atoms with van der Waals surface area (Å²) in [6, 6.07) is 0. The fraction of sp³-hybridized carbons (Fsp3) is 0.962. The summed E-state index contributed by atoms with van der Waals surface area (Å²) in [7, 11) is 0. The van der Waals surface area contributed by atoms with Crippen LogP contribution in [0.4, 0.5) is 0 Å². The molecule has 0 amide bonds. The third-order valence-electron chi connectivity index (χ3n) is 22.2. The van der Waals surface area contributed by atoms with E-state index in [1.54, 1.807) is 0 Å². The van der Waals surface area contributed by atoms with Gasteiger partial charge in [-0.2, -0.15) is 0 Å². The second-order valence-electron chi connectivity index (χ2n) is 24.1. The molecular formula is C52H86O7. The van der Waals surface area contributed by atoms with Crippen molar-refractivity contribution in [1.29, 1.82) is 0 Å². The number of carbonyl (C=O) groups excluding carboxylic acids is 1. The summed E-state index contributed by atoms with van der Waals surface area (Å²) in [6.07, 6.45) is 18.5. The van der Waals surface area contributed by atoms with Gasteiger partial charge in [-0.15, -0.1) is 0 Å². The van der Waals surface area contributed by atoms with Gasteiger partial charge in [0.15, 0.2) is 0 Å². The minimum atomic E-state index is -0.695. The van der Waals surface area contributed by atoms with Crippen LogP contribution >= 0.6 is 0 Å². The molecule has 0 aromatic rings. The number of fused-ring (bicyclic) bond motifs is 10. The first-order valence-electron chi connectivity index (χ1n) is 25.4. The minimum absolute atomic E-state index is 0.0365. The molecular weight excluding hydrogens is 737 g/mol. The smallest absolute Gasteiger partial charge is 0.306 e. The predicted molar refractivity (Wildman–Crippen MR) is 232 cm³/mol. The van der Waals surface area contributed by atoms with E-state index < -0.39 is 5.97 Å². The van der Waals surface area contributed by atoms with Gasteiger partial charge in [-0.1, -0.05) is 68.2 Å². The summed E-state index contributed by atoms with van der Waals surface area (Å²) in [5.74, 6) is 5.15. The van der Waals surface area contributed by atoms with E-state index in [0.29, 0.717) is 77.4 Å². The third-order valence-corrected chi connectivity index (χ3v) is 22.2. The molecule has 8 aliphatic carbocycles. The fourth-order valence-electron chi connectivity index (χ4n) is 19.3. The lowest BCUT2D eigenvalue weighted by Crippen LogP contribution is -2.62. The Morgan fingerprint density at radius 1 is 0.576 bits per heavy atom. The van der Waals surface area contributed by atoms with Crippen LogP contribution in [0.25, 0.3) is 0 Å². The Bertz CT molecular complexity index is 1530. The summed E-state index contributed by atoms with van der Waals surface area (Å²) in [6.45, 7) is 19.3. The molecule has 59 heavy (non-hydrogen) atoms. The standard InChI is InChI=1S/C52H86O7/c1-9-33-41-27-31(53)19-23-51(41,7)39-21-25-50(6)36(14-16-37(50)45(39)47(33)57)30(4)12-18-44(56)59-32-20-24-52(8)40-22-26-49(5)35(29(3)11-17-43(54)55)13-15-38(49)46(40)48(58)34(10-2)42(52)28-32/h29-42,45-48,53,57-58H,9-28H2,1-8H3,(H,54,55)/t29-,30-,31+,32-,33+,34-,35-,36-,37?,38+,39?,40+,41?,42+,45?,46+,47+,48-,49-,50-,51-,52-/m1/s1. The van der Waals surface area contributed by atoms with E-state index in [9.17, 15) is 30.0 Å². The summed E-state index contributed by atoms with van der Waals surface area (Å²) >= 11 is 0. The van der Waals surface area contributed by atoms with E-state index in [0.717, 1.165) is 83.5 Å². The molecule has 8 fully saturated rings. The molecule has 4 N–H and O–H groups in total. The van der Waals surface area contributed by atoms with Gasteiger partial charge < -0.3 is 25.2 Å². The van der Waals surface area contributed by atoms with Crippen molar-refractivity contribution in [2.75, 3.05) is 0 Å². The maximum Gasteiger partial charge on any atom is 0.306 e. The minimum Gasteiger partial charge on any atom is -0.481 e. The number of carbonyl (C=O) groups is 2. The van der Waals surface area contributed by atoms with Crippen molar-refractivity contribution >= 4 is 11.9 Å². The summed E-state index contributed by atoms with van der Waals surface area (Å²) in [5.41, 5.74) is 0.715. The van der Waals surface area contributed by atoms with Crippen LogP contribution in [0.3, 0.4) is 0 Å². The molecule has 0 bridgehead atoms. The largest absolute Gasteiger partial charge is 0.481 e. The Balaban J connectivity index is 0.881. The molecule has 8 rings (SSSR count). The van der Waals surface area contributed by atoms with Crippen molar-refractivity contribution in [2.24, 2.45) is 105 Å². The van der Waals surface area contributed by atoms with Crippen molar-refractivity contribution in [3.63, 3.8) is 0 Å². The number of aliphatic hydroxyl groups excluding tert-OH is 3. The highest BCUT2D eigenvalue weighted by Crippen LogP contribution is 2.71. The lowest BCUT2D eigenvalue weighted by molar-refractivity contribution is -0.207. The van der Waals surface area contributed by atoms with E-state index in [1.165, 1.54) is 32.1 Å². The molecule has 7 heteroatoms. The molecule has 0 saturated heterocycles. The molecule has 4 unspecified atom stereocenters. The maximum absolute atomic E-state index is 13.7. The number of carboxylic acids is 1. The lowest BCUT2D eigenvalue weighted by Gasteiger charge is -2.65. The van der Waals surface area contributed by atoms with Gasteiger partial charge >= 0.3 is 11.9 Å². The first kappa shape index (κ1) is 44.4. The van der Waals surface area contributed by atoms with Crippen LogP contribution < -0.4 is 0 Å². The van der Waals surface area contributed by atoms with Crippen molar-refractivity contribution in [3.05, 3.63) is 0 Å². The van der Waals surface area contributed by atoms with E-state index in [-0.39, 0.29) is 70.3 Å². The zero-order chi connectivity index (χ0) is 42.4. The highest BCUT2D eigenvalue weighted by Gasteiger charge is 2.67. The van der Waals surface area contributed by atoms with Crippen LogP contribution in [-0.4, -0.2) is 56.8 Å². The summed E-state index contributed by atoms with van der Waals surface area (Å²) < 4.78 is 6.42. The molecule has 0 radical (unpaired) electrons. The van der Waals surface area contributed by atoms with E-state index >= 15 is 0 Å². The second-order valence-corrected chi connectivity index (χ2v) is 24.1. The van der Waals surface area contributed by atoms with Crippen LogP contribution in [0.2, 0.25) is 0 Å². The van der Waals surface area contributed by atoms with Crippen molar-refractivity contribution in [3.8, 4) is 0 Å². The molecule has 0 aliphatic heterocycles. The van der Waals surface area contributed by atoms with E-state index in [1.807, 2.05) is 0 Å². The molecule has 0 aromatic carbocycles. The molecule has 7 nitrogen and oxygen atoms in total. The summed E-state index contributed by atoms with van der Waals surface area (Å²) in [4.78, 5) is 25.2. The summed E-state index contributed by atoms with van der Waals surface area (Å²) in [5, 5.41) is 44.6. The Kier molecular flexibility index (Phi) is 12.4. The molecule has 0 aromatic heterocycles. The van der Waals surface area contributed by atoms with Gasteiger partial charge in [0.05, 0.1) is 18.3 Å². The first-order chi connectivity index (χ1) is 27.9. The van der Waals surface area contributed by atoms with Crippen molar-refractivity contribution < 1.29 is 34.8 Å². The topological polar surface area (TPSA) is 124 Å². The normalized spacial score (nSPS) is 52.5. The van der Waals surface area contributed by atoms with Gasteiger partial charge in [-0.05, 0) is 207 Å². The van der Waals surface area contributed by atoms with Crippen molar-refractivity contribution in [2.45, 2.75) is 208 Å². The monoisotopic (exact) mass is 823 g/mol. The number of rotatable bonds is 11. The van der Waals surface area contributed by atoms with Gasteiger partial charge in [0.25, 0.3) is 0 Å². The molecule has 0 heterocycles. The Morgan fingerprint density at radius 3 is 1.51 bits per heavy atom. The number of hydrogen-bond acceptors (Lipinski definition) is 6. The van der Waals surface area contributed by atoms with Crippen LogP contribution in [0, 0.1) is 105 Å². The Hall–Kier alpha value is -1.18. The van der Waals surface area contributed by atoms with Crippen LogP contribution in [0.1, 0.15) is 184 Å². The van der Waals surface area contributed by atoms with Gasteiger partial charge in [-0.3, -0.25) is 9.59 Å². The maximum atomic E-state index is 13.7. The van der Waals surface area contributed by atoms with Crippen LogP contribution in [0.5, 0.6) is 0 Å². The number of carboxylic acid groups (broad SMARTS) is 1. The van der Waals surface area contributed by atoms with Crippen LogP contribution in [-0.2, 0) is 14.3 Å². The number of hydrogen-bond donors (Lipinski definition) is 4. The predicted octanol–water partition coefficient (Wildman–Crippen LogP) is 10.7. The molecule has 0 spiro atoms. The number of aliphatic hydroxyl groups is 3. The van der Waals surface area contributed by atoms with Gasteiger partial charge in [0, 0.05) is 12.8 Å². The lowest BCUT2D eigenvalue weighted by atomic mass is 9.41. The number of esters is 1. The van der Waals surface area contributed by atoms with E-state index in [2.05, 4.69) is 55.4 Å². The zero-order valence-corrected chi connectivity index (χ0v) is 38.5.